The Hall–Kier alpha value is -10.9. The Morgan fingerprint density at radius 2 is 0.453 bits per heavy atom. The fourth-order valence-corrected chi connectivity index (χ4v) is 22.8. The summed E-state index contributed by atoms with van der Waals surface area (Å²) in [6, 6.07) is 100. The first kappa shape index (κ1) is 97.8. The molecule has 0 fully saturated rings. The van der Waals surface area contributed by atoms with Crippen LogP contribution in [0, 0.1) is 54.1 Å². The molecule has 0 unspecified atom stereocenters. The molecule has 710 valence electrons. The lowest BCUT2D eigenvalue weighted by Crippen LogP contribution is -2.61. The van der Waals surface area contributed by atoms with E-state index in [1.54, 1.807) is 0 Å². The minimum absolute atomic E-state index is 0.0387. The van der Waals surface area contributed by atoms with Crippen LogP contribution in [-0.2, 0) is 69.6 Å². The van der Waals surface area contributed by atoms with E-state index in [-0.39, 0.29) is 66.3 Å². The third kappa shape index (κ3) is 21.8. The molecule has 4 heterocycles. The van der Waals surface area contributed by atoms with E-state index in [2.05, 4.69) is 490 Å². The molecule has 2 aliphatic heterocycles. The van der Waals surface area contributed by atoms with Crippen molar-refractivity contribution in [2.45, 2.75) is 298 Å². The molecule has 5 heteroatoms. The van der Waals surface area contributed by atoms with Crippen LogP contribution in [0.2, 0.25) is 0 Å². The summed E-state index contributed by atoms with van der Waals surface area (Å²) in [7, 11) is 0. The third-order valence-electron chi connectivity index (χ3n) is 27.4. The molecule has 4 nitrogen and oxygen atoms in total. The van der Waals surface area contributed by atoms with Gasteiger partial charge in [-0.3, -0.25) is 0 Å². The van der Waals surface area contributed by atoms with Gasteiger partial charge >= 0.3 is 0 Å². The highest BCUT2D eigenvalue weighted by Gasteiger charge is 2.47. The van der Waals surface area contributed by atoms with Gasteiger partial charge in [0.2, 0.25) is 0 Å². The van der Waals surface area contributed by atoms with Crippen molar-refractivity contribution in [3.05, 3.63) is 304 Å². The lowest BCUT2D eigenvalue weighted by Gasteiger charge is -2.46. The van der Waals surface area contributed by atoms with Crippen molar-refractivity contribution < 1.29 is 0 Å². The number of hydrogen-bond donors (Lipinski definition) is 0. The van der Waals surface area contributed by atoms with Gasteiger partial charge < -0.3 is 18.9 Å². The highest BCUT2D eigenvalue weighted by atomic mass is 15.2. The van der Waals surface area contributed by atoms with E-state index in [4.69, 9.17) is 0 Å². The van der Waals surface area contributed by atoms with Gasteiger partial charge in [-0.2, -0.15) is 0 Å². The summed E-state index contributed by atoms with van der Waals surface area (Å²) in [5.74, 6) is 0. The molecule has 17 rings (SSSR count). The average molecular weight is 1810 g/mol. The van der Waals surface area contributed by atoms with Gasteiger partial charge in [0.15, 0.2) is 0 Å². The Bertz CT molecular complexity index is 6600. The van der Waals surface area contributed by atoms with Gasteiger partial charge in [-0.25, -0.2) is 0 Å². The third-order valence-corrected chi connectivity index (χ3v) is 27.4. The summed E-state index contributed by atoms with van der Waals surface area (Å²) in [5, 5.41) is 5.19. The van der Waals surface area contributed by atoms with E-state index in [0.29, 0.717) is 0 Å². The highest BCUT2D eigenvalue weighted by Crippen LogP contribution is 2.55. The predicted molar refractivity (Wildman–Crippen MR) is 601 cm³/mol. The van der Waals surface area contributed by atoms with E-state index in [0.717, 1.165) is 87.0 Å². The summed E-state index contributed by atoms with van der Waals surface area (Å²) in [6.07, 6.45) is 9.42. The van der Waals surface area contributed by atoms with Crippen molar-refractivity contribution in [3.63, 3.8) is 0 Å². The number of hydrogen-bond acceptors (Lipinski definition) is 2. The van der Waals surface area contributed by atoms with Gasteiger partial charge in [0.05, 0.1) is 33.4 Å². The molecular formula is C132H159BN4. The first-order chi connectivity index (χ1) is 63.6. The fraction of sp³-hybridized carbons (Fsp3) is 0.409. The zero-order valence-electron chi connectivity index (χ0n) is 90.0. The zero-order valence-corrected chi connectivity index (χ0v) is 90.0. The van der Waals surface area contributed by atoms with Crippen molar-refractivity contribution in [2.24, 2.45) is 54.1 Å². The number of nitrogens with zero attached hydrogens (tertiary/aromatic N) is 4. The second-order valence-electron chi connectivity index (χ2n) is 55.1. The molecule has 0 radical (unpaired) electrons. The minimum Gasteiger partial charge on any atom is -0.311 e. The van der Waals surface area contributed by atoms with E-state index in [9.17, 15) is 0 Å². The largest absolute Gasteiger partial charge is 0.311 e. The number of fused-ring (bicyclic) bond motifs is 10. The van der Waals surface area contributed by atoms with Crippen molar-refractivity contribution >= 4 is 101 Å². The maximum absolute atomic E-state index is 2.84. The van der Waals surface area contributed by atoms with Crippen molar-refractivity contribution in [1.82, 2.24) is 9.13 Å². The van der Waals surface area contributed by atoms with Crippen LogP contribution in [0.1, 0.15) is 290 Å². The Morgan fingerprint density at radius 1 is 0.204 bits per heavy atom. The first-order valence-electron chi connectivity index (χ1n) is 51.5. The molecule has 15 aromatic rings. The van der Waals surface area contributed by atoms with Gasteiger partial charge in [-0.1, -0.05) is 362 Å². The molecule has 0 atom stereocenters. The topological polar surface area (TPSA) is 16.3 Å². The van der Waals surface area contributed by atoms with Gasteiger partial charge in [-0.05, 0) is 344 Å². The van der Waals surface area contributed by atoms with Crippen LogP contribution in [0.5, 0.6) is 0 Å². The van der Waals surface area contributed by atoms with Crippen LogP contribution < -0.4 is 26.2 Å². The molecule has 0 aliphatic carbocycles. The van der Waals surface area contributed by atoms with Gasteiger partial charge in [0.25, 0.3) is 6.71 Å². The van der Waals surface area contributed by atoms with Crippen molar-refractivity contribution in [2.75, 3.05) is 9.80 Å². The normalized spacial score (nSPS) is 13.8. The van der Waals surface area contributed by atoms with Crippen LogP contribution in [0.4, 0.5) is 34.1 Å². The van der Waals surface area contributed by atoms with E-state index >= 15 is 0 Å². The molecular weight excluding hydrogens is 1650 g/mol. The molecule has 0 bridgehead atoms. The average Bonchev–Trinajstić information content (AvgIpc) is 0.754. The summed E-state index contributed by atoms with van der Waals surface area (Å²) in [6.45, 7) is 79.0. The van der Waals surface area contributed by atoms with Crippen LogP contribution >= 0.6 is 0 Å². The molecule has 137 heavy (non-hydrogen) atoms. The molecule has 0 amide bonds. The Kier molecular flexibility index (Phi) is 25.1. The van der Waals surface area contributed by atoms with E-state index < -0.39 is 0 Å². The zero-order chi connectivity index (χ0) is 98.7. The Morgan fingerprint density at radius 3 is 0.701 bits per heavy atom. The highest BCUT2D eigenvalue weighted by molar-refractivity contribution is 7.00. The number of rotatable bonds is 18. The van der Waals surface area contributed by atoms with Crippen LogP contribution in [-0.4, -0.2) is 15.8 Å². The number of anilines is 6. The predicted octanol–water partition coefficient (Wildman–Crippen LogP) is 35.8. The van der Waals surface area contributed by atoms with Crippen LogP contribution in [0.25, 0.3) is 99.5 Å². The molecule has 0 saturated heterocycles. The summed E-state index contributed by atoms with van der Waals surface area (Å²) in [5.41, 5.74) is 42.8. The van der Waals surface area contributed by atoms with E-state index in [1.165, 1.54) is 188 Å². The Balaban J connectivity index is 1.07. The van der Waals surface area contributed by atoms with Crippen LogP contribution in [0.15, 0.2) is 243 Å². The number of benzene rings is 13. The van der Waals surface area contributed by atoms with Gasteiger partial charge in [-0.15, -0.1) is 0 Å². The van der Waals surface area contributed by atoms with Crippen molar-refractivity contribution in [3.8, 4) is 55.9 Å². The fourth-order valence-electron chi connectivity index (χ4n) is 22.8. The maximum Gasteiger partial charge on any atom is 0.252 e. The molecule has 13 aromatic carbocycles. The SMILES string of the molecule is CC(C)(C)Cc1cccc(-c2cc(N3c4cc(-n5c6ccc(CC(C)(C)C)cc6c6cc(CC(C)(C)C)ccc65)ccc4B4c5ccc(-n6c7ccc(CC(C)(C)C)cc7c7cc(CC(C)(C)C)ccc76)cc5N(c5cc(-c6cccc(CC(C)(C)C)c6)c(CC(C)(C)C)cc5-c5cccc(CC(C)(C)C)c5)c5cc(C(C)(C)C)cc3c54)c(-c3cccc(CC(C)(C)C)c3)cc2CC(C)(C)C)c1. The summed E-state index contributed by atoms with van der Waals surface area (Å²) < 4.78 is 5.27. The smallest absolute Gasteiger partial charge is 0.252 e. The summed E-state index contributed by atoms with van der Waals surface area (Å²) >= 11 is 0. The molecule has 0 spiro atoms. The van der Waals surface area contributed by atoms with Gasteiger partial charge in [0, 0.05) is 66.8 Å². The minimum atomic E-state index is -0.372. The lowest BCUT2D eigenvalue weighted by atomic mass is 9.33. The van der Waals surface area contributed by atoms with Gasteiger partial charge in [0.1, 0.15) is 0 Å². The molecule has 0 N–H and O–H groups in total. The monoisotopic (exact) mass is 1810 g/mol. The quantitative estimate of drug-likeness (QED) is 0.0796. The molecule has 0 saturated carbocycles. The first-order valence-corrected chi connectivity index (χ1v) is 51.5. The maximum atomic E-state index is 2.84. The van der Waals surface area contributed by atoms with E-state index in [1.807, 2.05) is 0 Å². The van der Waals surface area contributed by atoms with Crippen molar-refractivity contribution in [1.29, 1.82) is 0 Å². The molecule has 2 aromatic heterocycles. The lowest BCUT2D eigenvalue weighted by molar-refractivity contribution is 0.410. The molecule has 2 aliphatic rings. The number of aromatic nitrogens is 2. The second-order valence-corrected chi connectivity index (χ2v) is 55.1. The second kappa shape index (κ2) is 35.2. The Labute approximate surface area is 826 Å². The standard InChI is InChI=1S/C132H159BN4/c1-122(2,3)74-84-38-34-42-92(58-84)101-72-115(103(66-96(101)82-130(25,26)27)94-44-36-40-86(60-94)76-124(7,8)9)136-117-70-99(134-111-54-46-88(78-126(13,14)15)62-105(111)106-63-89(47-55-112(106)134)79-127(16,17)18)50-52-109(117)133-110-53-51-100(135-113-56-48-90(80-128(19,20)21)64-107(113)108-65-91(49-57-114(108)135)81-129(22,23)24)71-118(110)137(120-69-98(132(31,32)33)68-119(136)121(120)133)116-73-102(93-43-35-39-85(59-93)75-123(4,5)6)97(83-131(28,29)30)67-104(116)95-45-37-41-87(61-95)77-125(10,11)12/h34-73H,74-83H2,1-33H3. The summed E-state index contributed by atoms with van der Waals surface area (Å²) in [4.78, 5) is 5.67. The van der Waals surface area contributed by atoms with Crippen LogP contribution in [0.3, 0.4) is 0 Å².